The molecule has 0 amide bonds. The number of rotatable bonds is 8. The number of hydrogen-bond donors (Lipinski definition) is 0. The van der Waals surface area contributed by atoms with Crippen LogP contribution >= 0.6 is 23.5 Å². The van der Waals surface area contributed by atoms with Gasteiger partial charge in [-0.3, -0.25) is 14.4 Å². The first-order chi connectivity index (χ1) is 17.5. The number of nitro groups is 1. The number of ether oxygens (including phenoxy) is 2. The summed E-state index contributed by atoms with van der Waals surface area (Å²) in [7, 11) is 3.19. The van der Waals surface area contributed by atoms with Gasteiger partial charge in [0.2, 0.25) is 0 Å². The molecular weight excluding hydrogens is 498 g/mol. The third-order valence-corrected chi connectivity index (χ3v) is 6.61. The number of methoxy groups -OCH3 is 2. The van der Waals surface area contributed by atoms with Crippen LogP contribution in [0.2, 0.25) is 5.02 Å². The lowest BCUT2D eigenvalue weighted by molar-refractivity contribution is -0.387. The van der Waals surface area contributed by atoms with Crippen LogP contribution in [0, 0.1) is 10.1 Å². The Morgan fingerprint density at radius 1 is 0.861 bits per heavy atom. The first-order valence-corrected chi connectivity index (χ1v) is 12.0. The molecular formula is C27H22ClN3O4S. The highest BCUT2D eigenvalue weighted by molar-refractivity contribution is 8.01. The second-order valence-electron chi connectivity index (χ2n) is 7.42. The molecule has 0 bridgehead atoms. The molecule has 0 fully saturated rings. The Hall–Kier alpha value is -4.01. The van der Waals surface area contributed by atoms with Crippen molar-refractivity contribution >= 4 is 46.4 Å². The molecule has 0 aromatic heterocycles. The maximum atomic E-state index is 11.8. The molecule has 9 heteroatoms. The summed E-state index contributed by atoms with van der Waals surface area (Å²) in [6.07, 6.45) is 0. The van der Waals surface area contributed by atoms with Gasteiger partial charge in [0.15, 0.2) is 5.84 Å². The van der Waals surface area contributed by atoms with Crippen LogP contribution < -0.4 is 13.8 Å². The summed E-state index contributed by atoms with van der Waals surface area (Å²) in [6.45, 7) is 0. The van der Waals surface area contributed by atoms with E-state index < -0.39 is 4.92 Å². The van der Waals surface area contributed by atoms with Crippen LogP contribution in [0.5, 0.6) is 11.5 Å². The van der Waals surface area contributed by atoms with Crippen molar-refractivity contribution in [3.8, 4) is 11.5 Å². The van der Waals surface area contributed by atoms with E-state index in [2.05, 4.69) is 0 Å². The van der Waals surface area contributed by atoms with Crippen molar-refractivity contribution in [2.75, 3.05) is 18.5 Å². The van der Waals surface area contributed by atoms with E-state index >= 15 is 0 Å². The minimum atomic E-state index is -0.398. The normalized spacial score (nSPS) is 11.1. The largest absolute Gasteiger partial charge is 0.497 e. The molecule has 4 aromatic rings. The van der Waals surface area contributed by atoms with Crippen LogP contribution in [0.15, 0.2) is 107 Å². The van der Waals surface area contributed by atoms with Crippen LogP contribution in [0.25, 0.3) is 0 Å². The van der Waals surface area contributed by atoms with Gasteiger partial charge in [0.05, 0.1) is 35.5 Å². The Bertz CT molecular complexity index is 1380. The van der Waals surface area contributed by atoms with Crippen LogP contribution in [0.1, 0.15) is 5.56 Å². The first kappa shape index (κ1) is 25.1. The molecule has 0 heterocycles. The third-order valence-electron chi connectivity index (χ3n) is 5.17. The zero-order chi connectivity index (χ0) is 25.5. The Kier molecular flexibility index (Phi) is 8.10. The van der Waals surface area contributed by atoms with E-state index in [0.29, 0.717) is 38.5 Å². The third kappa shape index (κ3) is 5.79. The number of benzene rings is 4. The molecule has 0 N–H and O–H groups in total. The molecule has 0 aliphatic heterocycles. The van der Waals surface area contributed by atoms with E-state index in [1.54, 1.807) is 38.5 Å². The first-order valence-electron chi connectivity index (χ1n) is 10.8. The van der Waals surface area contributed by atoms with Crippen molar-refractivity contribution in [2.45, 2.75) is 4.90 Å². The maximum absolute atomic E-state index is 11.8. The molecule has 182 valence electrons. The Balaban J connectivity index is 1.92. The van der Waals surface area contributed by atoms with Gasteiger partial charge in [0.1, 0.15) is 16.4 Å². The van der Waals surface area contributed by atoms with Crippen molar-refractivity contribution in [2.24, 2.45) is 4.99 Å². The molecule has 7 nitrogen and oxygen atoms in total. The number of nitro benzene ring substituents is 1. The van der Waals surface area contributed by atoms with Crippen molar-refractivity contribution in [3.63, 3.8) is 0 Å². The lowest BCUT2D eigenvalue weighted by Crippen LogP contribution is -2.25. The van der Waals surface area contributed by atoms with Crippen molar-refractivity contribution in [3.05, 3.63) is 118 Å². The van der Waals surface area contributed by atoms with E-state index in [9.17, 15) is 10.1 Å². The number of amidine groups is 1. The molecule has 36 heavy (non-hydrogen) atoms. The van der Waals surface area contributed by atoms with Gasteiger partial charge in [-0.15, -0.1) is 0 Å². The standard InChI is InChI=1S/C27H22ClN3O4S/c1-34-21-15-11-19(12-16-21)29-27(23-7-3-4-8-24(23)28)30(20-13-17-22(35-2)18-14-20)36-26-10-6-5-9-25(26)31(32)33/h3-18H,1-2H3. The Morgan fingerprint density at radius 2 is 1.44 bits per heavy atom. The smallest absolute Gasteiger partial charge is 0.284 e. The predicted octanol–water partition coefficient (Wildman–Crippen LogP) is 7.56. The average molecular weight is 520 g/mol. The maximum Gasteiger partial charge on any atom is 0.284 e. The van der Waals surface area contributed by atoms with Crippen LogP contribution in [-0.2, 0) is 0 Å². The molecule has 0 radical (unpaired) electrons. The van der Waals surface area contributed by atoms with Gasteiger partial charge in [-0.1, -0.05) is 35.9 Å². The van der Waals surface area contributed by atoms with Gasteiger partial charge in [-0.2, -0.15) is 0 Å². The van der Waals surface area contributed by atoms with Gasteiger partial charge in [-0.05, 0) is 66.7 Å². The average Bonchev–Trinajstić information content (AvgIpc) is 2.91. The number of para-hydroxylation sites is 1. The SMILES string of the molecule is COc1ccc(N=C(c2ccccc2Cl)N(Sc2ccccc2[N+](=O)[O-])c2ccc(OC)cc2)cc1. The highest BCUT2D eigenvalue weighted by Crippen LogP contribution is 2.38. The minimum absolute atomic E-state index is 0.0102. The Labute approximate surface area is 218 Å². The zero-order valence-corrected chi connectivity index (χ0v) is 21.1. The quantitative estimate of drug-likeness (QED) is 0.0785. The van der Waals surface area contributed by atoms with E-state index in [4.69, 9.17) is 26.1 Å². The number of hydrogen-bond acceptors (Lipinski definition) is 6. The Morgan fingerprint density at radius 3 is 2.06 bits per heavy atom. The summed E-state index contributed by atoms with van der Waals surface area (Å²) < 4.78 is 12.4. The summed E-state index contributed by atoms with van der Waals surface area (Å²) in [5, 5.41) is 12.3. The van der Waals surface area contributed by atoms with Crippen LogP contribution in [-0.4, -0.2) is 25.0 Å². The molecule has 0 saturated carbocycles. The molecule has 0 atom stereocenters. The lowest BCUT2D eigenvalue weighted by Gasteiger charge is -2.26. The molecule has 0 aliphatic carbocycles. The number of halogens is 1. The minimum Gasteiger partial charge on any atom is -0.497 e. The highest BCUT2D eigenvalue weighted by atomic mass is 35.5. The van der Waals surface area contributed by atoms with Crippen LogP contribution in [0.4, 0.5) is 17.1 Å². The van der Waals surface area contributed by atoms with E-state index in [0.717, 1.165) is 5.69 Å². The van der Waals surface area contributed by atoms with Gasteiger partial charge in [-0.25, -0.2) is 4.99 Å². The number of anilines is 1. The van der Waals surface area contributed by atoms with Crippen molar-refractivity contribution in [1.82, 2.24) is 0 Å². The van der Waals surface area contributed by atoms with Gasteiger partial charge in [0, 0.05) is 23.6 Å². The van der Waals surface area contributed by atoms with Gasteiger partial charge >= 0.3 is 0 Å². The molecule has 0 saturated heterocycles. The van der Waals surface area contributed by atoms with E-state index in [1.807, 2.05) is 71.0 Å². The summed E-state index contributed by atoms with van der Waals surface area (Å²) in [5.41, 5.74) is 2.04. The molecule has 0 aliphatic rings. The number of nitrogens with zero attached hydrogens (tertiary/aromatic N) is 3. The zero-order valence-electron chi connectivity index (χ0n) is 19.5. The summed E-state index contributed by atoms with van der Waals surface area (Å²) in [5.74, 6) is 1.88. The second-order valence-corrected chi connectivity index (χ2v) is 8.82. The summed E-state index contributed by atoms with van der Waals surface area (Å²) in [6, 6.07) is 28.6. The second kappa shape index (κ2) is 11.6. The molecule has 4 rings (SSSR count). The van der Waals surface area contributed by atoms with E-state index in [-0.39, 0.29) is 5.69 Å². The topological polar surface area (TPSA) is 77.2 Å². The van der Waals surface area contributed by atoms with Gasteiger partial charge < -0.3 is 9.47 Å². The summed E-state index contributed by atoms with van der Waals surface area (Å²) in [4.78, 5) is 16.8. The van der Waals surface area contributed by atoms with Gasteiger partial charge in [0.25, 0.3) is 5.69 Å². The predicted molar refractivity (Wildman–Crippen MR) is 145 cm³/mol. The highest BCUT2D eigenvalue weighted by Gasteiger charge is 2.24. The fourth-order valence-corrected chi connectivity index (χ4v) is 4.60. The molecule has 0 spiro atoms. The monoisotopic (exact) mass is 519 g/mol. The van der Waals surface area contributed by atoms with Crippen molar-refractivity contribution in [1.29, 1.82) is 0 Å². The fourth-order valence-electron chi connectivity index (χ4n) is 3.36. The molecule has 0 unspecified atom stereocenters. The lowest BCUT2D eigenvalue weighted by atomic mass is 10.2. The van der Waals surface area contributed by atoms with Crippen molar-refractivity contribution < 1.29 is 14.4 Å². The van der Waals surface area contributed by atoms with E-state index in [1.165, 1.54) is 18.0 Å². The summed E-state index contributed by atoms with van der Waals surface area (Å²) >= 11 is 7.82. The fraction of sp³-hybridized carbons (Fsp3) is 0.0741. The number of aliphatic imine (C=N–C) groups is 1. The van der Waals surface area contributed by atoms with Crippen LogP contribution in [0.3, 0.4) is 0 Å². The molecule has 4 aromatic carbocycles.